The number of benzene rings is 5. The fourth-order valence-electron chi connectivity index (χ4n) is 7.03. The van der Waals surface area contributed by atoms with Gasteiger partial charge >= 0.3 is 73.9 Å². The number of aryl methyl sites for hydroxylation is 3. The number of carbonyl (C=O) groups excluding carboxylic acids is 4. The maximum Gasteiger partial charge on any atom is 2.00 e. The Bertz CT molecular complexity index is 2640. The number of rotatable bonds is 15. The van der Waals surface area contributed by atoms with Crippen LogP contribution in [0.25, 0.3) is 11.1 Å². The quantitative estimate of drug-likeness (QED) is 0.0280. The van der Waals surface area contributed by atoms with Crippen LogP contribution in [0, 0.1) is 42.4 Å². The summed E-state index contributed by atoms with van der Waals surface area (Å²) in [5, 5.41) is 7.73. The van der Waals surface area contributed by atoms with Crippen molar-refractivity contribution < 1.29 is 85.0 Å². The molecule has 0 aromatic heterocycles. The van der Waals surface area contributed by atoms with Gasteiger partial charge in [-0.1, -0.05) is 92.9 Å². The molecule has 1 N–H and O–H groups in total. The number of carboxylic acids is 1. The zero-order valence-electron chi connectivity index (χ0n) is 46.2. The largest absolute Gasteiger partial charge is 2.00 e. The summed E-state index contributed by atoms with van der Waals surface area (Å²) in [5.74, 6) is -1.16. The molecule has 0 unspecified atom stereocenters. The first-order valence-electron chi connectivity index (χ1n) is 25.3. The van der Waals surface area contributed by atoms with Crippen molar-refractivity contribution in [3.05, 3.63) is 202 Å². The average Bonchev–Trinajstić information content (AvgIpc) is 4.32. The van der Waals surface area contributed by atoms with E-state index >= 15 is 0 Å². The van der Waals surface area contributed by atoms with E-state index in [-0.39, 0.29) is 127 Å². The van der Waals surface area contributed by atoms with Gasteiger partial charge in [0.05, 0.1) is 0 Å². The Morgan fingerprint density at radius 1 is 0.553 bits per heavy atom. The van der Waals surface area contributed by atoms with Crippen molar-refractivity contribution in [3.8, 4) is 0 Å². The van der Waals surface area contributed by atoms with E-state index in [1.54, 1.807) is 54.6 Å². The summed E-state index contributed by atoms with van der Waals surface area (Å²) >= 11 is 24.5. The third-order valence-electron chi connectivity index (χ3n) is 11.0. The van der Waals surface area contributed by atoms with E-state index in [2.05, 4.69) is 80.6 Å². The number of fused-ring (bicyclic) bond motifs is 3. The van der Waals surface area contributed by atoms with E-state index in [0.717, 1.165) is 102 Å². The van der Waals surface area contributed by atoms with Crippen LogP contribution in [0.2, 0.25) is 0 Å². The minimum Gasteiger partial charge on any atom is -1.00 e. The molecule has 85 heavy (non-hydrogen) atoms. The molecule has 9 rings (SSSR count). The van der Waals surface area contributed by atoms with Crippen LogP contribution in [-0.4, -0.2) is 107 Å². The van der Waals surface area contributed by atoms with Gasteiger partial charge < -0.3 is 52.4 Å². The van der Waals surface area contributed by atoms with Gasteiger partial charge in [-0.25, -0.2) is 64.9 Å². The number of alkyl halides is 3. The molecule has 0 radical (unpaired) electrons. The molecule has 0 aliphatic heterocycles. The number of halogens is 16. The van der Waals surface area contributed by atoms with Crippen LogP contribution < -0.4 is 34.0 Å². The predicted molar refractivity (Wildman–Crippen MR) is 345 cm³/mol. The molecule has 6 nitrogen and oxygen atoms in total. The summed E-state index contributed by atoms with van der Waals surface area (Å²) < 4.78 is 63.4. The molecule has 5 aromatic carbocycles. The summed E-state index contributed by atoms with van der Waals surface area (Å²) in [4.78, 5) is 50.4. The van der Waals surface area contributed by atoms with Crippen LogP contribution in [0.5, 0.6) is 0 Å². The molecule has 25 heteroatoms. The zero-order chi connectivity index (χ0) is 60.7. The van der Waals surface area contributed by atoms with Gasteiger partial charge in [0.25, 0.3) is 0 Å². The second-order valence-electron chi connectivity index (χ2n) is 17.3. The van der Waals surface area contributed by atoms with Gasteiger partial charge in [0, 0.05) is 41.4 Å². The second-order valence-corrected chi connectivity index (χ2v) is 26.8. The number of unbranched alkanes of at least 4 members (excludes halogenated alkanes) is 1. The number of carboxylic acid groups (broad SMARTS) is 1. The number of ketones is 1. The van der Waals surface area contributed by atoms with Crippen molar-refractivity contribution >= 4 is 205 Å². The number of aliphatic carboxylic acids is 1. The summed E-state index contributed by atoms with van der Waals surface area (Å²) in [7, 11) is 14.8. The van der Waals surface area contributed by atoms with E-state index in [0.29, 0.717) is 31.2 Å². The Hall–Kier alpha value is -0.605. The van der Waals surface area contributed by atoms with Crippen LogP contribution >= 0.6 is 108 Å². The molecule has 5 aromatic rings. The maximum absolute atomic E-state index is 13.0. The predicted octanol–water partition coefficient (Wildman–Crippen LogP) is 12.5. The van der Waals surface area contributed by atoms with Gasteiger partial charge in [-0.15, -0.1) is 11.6 Å². The summed E-state index contributed by atoms with van der Waals surface area (Å²) in [5.41, 5.74) is 10.7. The minimum atomic E-state index is -1.72. The number of allylic oxidation sites excluding steroid dienone is 4. The average molecular weight is 1620 g/mol. The van der Waals surface area contributed by atoms with Crippen LogP contribution in [0.4, 0.5) is 22.0 Å². The molecule has 0 spiro atoms. The van der Waals surface area contributed by atoms with Crippen molar-refractivity contribution in [3.63, 3.8) is 0 Å². The number of carbonyl (C=O) groups is 5. The molecule has 0 heterocycles. The molecular weight excluding hydrogens is 1560 g/mol. The third-order valence-corrected chi connectivity index (χ3v) is 13.0. The number of hydrogen-bond acceptors (Lipinski definition) is 5. The fourth-order valence-corrected chi connectivity index (χ4v) is 7.87. The summed E-state index contributed by atoms with van der Waals surface area (Å²) in [6, 6.07) is 26.5. The van der Waals surface area contributed by atoms with E-state index in [4.69, 9.17) is 58.5 Å². The first-order chi connectivity index (χ1) is 38.5. The third kappa shape index (κ3) is 45.3. The molecule has 0 bridgehead atoms. The van der Waals surface area contributed by atoms with Gasteiger partial charge in [0.1, 0.15) is 29.1 Å². The summed E-state index contributed by atoms with van der Waals surface area (Å²) in [6.07, 6.45) is 20.4. The van der Waals surface area contributed by atoms with Gasteiger partial charge in [-0.05, 0) is 203 Å². The van der Waals surface area contributed by atoms with E-state index in [9.17, 15) is 45.9 Å². The van der Waals surface area contributed by atoms with Crippen molar-refractivity contribution in [2.45, 2.75) is 103 Å². The van der Waals surface area contributed by atoms with Crippen LogP contribution in [0.3, 0.4) is 0 Å². The molecule has 4 aliphatic carbocycles. The molecule has 0 atom stereocenters. The molecule has 1 saturated carbocycles. The van der Waals surface area contributed by atoms with E-state index in [1.165, 1.54) is 71.5 Å². The van der Waals surface area contributed by atoms with Crippen molar-refractivity contribution in [1.29, 1.82) is 0 Å². The number of hydrogen-bond donors (Lipinski definition) is 1. The molecule has 0 saturated heterocycles. The van der Waals surface area contributed by atoms with Gasteiger partial charge in [0.15, 0.2) is 5.78 Å². The Labute approximate surface area is 603 Å². The van der Waals surface area contributed by atoms with E-state index < -0.39 is 27.8 Å². The molecule has 0 amide bonds. The fraction of sp³-hybridized carbons (Fsp3) is 0.317. The summed E-state index contributed by atoms with van der Waals surface area (Å²) in [6.45, 7) is 3.59. The van der Waals surface area contributed by atoms with Crippen molar-refractivity contribution in [2.75, 3.05) is 16.5 Å². The second kappa shape index (κ2) is 55.1. The van der Waals surface area contributed by atoms with Crippen LogP contribution in [0.15, 0.2) is 115 Å². The first-order valence-corrected chi connectivity index (χ1v) is 34.5. The molecule has 456 valence electrons. The number of Topliss-reactive ketones (excluding diaryl/α,β-unsaturated/α-hetero) is 1. The Balaban J connectivity index is -0.000000446. The van der Waals surface area contributed by atoms with Crippen molar-refractivity contribution in [2.24, 2.45) is 0 Å². The normalized spacial score (nSPS) is 11.5. The SMILES string of the molecule is Fc1ccc2c(c1)C(CCCBr)=CC2.Fc1ccc2c(c1)C(CCCBr)=CC2.O=C(Cl)C(=O)Cl.O=C(Cl)CCc1ccc(F)cc1.O=C(O)CCc1ccc(F)cc1.O=C1CCc2ccc(F)cc21.[Br-].[Br-].[CH-]1CC1.[CH2-]CCCCl.[Cl][Al]([Cl])[Cl].[Mg+2].[Mg+2]. The minimum absolute atomic E-state index is 0. The molecular formula is C60H61AlBr4Cl7F5Mg2O6. The standard InChI is InChI=1S/2C12H12BrF.C9H8ClFO.C9H9FO2.C9H7FO.C4H8Cl.C3H5.C2Cl2O2.Al.2BrH.3ClH.2Mg/c2*13-7-1-2-9-3-4-10-5-6-11(14)8-12(9)10;10-9(12)6-3-7-1-4-8(11)5-2-7;10-8-4-1-7(2-5-8)3-6-9(11)12;10-7-3-1-6-2-4-9(11)8(6)5-7;1-2-3-4-5;1-2-3-1;3-1(5)2(4)6;;;;;;;;/h2*3,5-6,8H,1-2,4,7H2;1-2,4-5H,3,6H2;1-2,4-5H,3,6H2,(H,11,12);1,3,5H,2,4H2;1-4H2;1H,2-3H2;;;5*1H;;/q;;;;;2*-1;;+3;;;;;;2*+2/p-5. The van der Waals surface area contributed by atoms with Crippen molar-refractivity contribution in [1.82, 2.24) is 0 Å². The Kier molecular flexibility index (Phi) is 58.8. The molecule has 4 aliphatic rings. The zero-order valence-corrected chi connectivity index (χ0v) is 61.8. The topological polar surface area (TPSA) is 106 Å². The van der Waals surface area contributed by atoms with Gasteiger partial charge in [-0.2, -0.15) is 6.42 Å². The monoisotopic (exact) mass is 1610 g/mol. The van der Waals surface area contributed by atoms with Gasteiger partial charge in [-0.3, -0.25) is 24.0 Å². The first kappa shape index (κ1) is 90.8. The van der Waals surface area contributed by atoms with Gasteiger partial charge in [0.2, 0.25) is 5.24 Å². The van der Waals surface area contributed by atoms with Crippen LogP contribution in [-0.2, 0) is 51.3 Å². The Morgan fingerprint density at radius 2 is 0.906 bits per heavy atom. The smallest absolute Gasteiger partial charge is 1.00 e. The Morgan fingerprint density at radius 3 is 1.21 bits per heavy atom. The van der Waals surface area contributed by atoms with E-state index in [1.807, 2.05) is 12.1 Å². The maximum atomic E-state index is 13.0. The van der Waals surface area contributed by atoms with Crippen LogP contribution in [0.1, 0.15) is 120 Å². The molecule has 1 fully saturated rings.